The van der Waals surface area contributed by atoms with Crippen molar-refractivity contribution < 1.29 is 33.8 Å². The number of anilines is 1. The normalized spacial score (nSPS) is 12.0. The smallest absolute Gasteiger partial charge is 0.408 e. The summed E-state index contributed by atoms with van der Waals surface area (Å²) in [5.74, 6) is -1.36. The topological polar surface area (TPSA) is 192 Å². The van der Waals surface area contributed by atoms with Gasteiger partial charge in [0, 0.05) is 31.7 Å². The summed E-state index contributed by atoms with van der Waals surface area (Å²) >= 11 is 5.99. The number of nitrogens with one attached hydrogen (secondary N) is 4. The number of alkyl carbamates (subject to hydrolysis) is 1. The quantitative estimate of drug-likeness (QED) is 0.106. The van der Waals surface area contributed by atoms with Crippen molar-refractivity contribution in [3.63, 3.8) is 0 Å². The molecule has 6 amide bonds. The van der Waals surface area contributed by atoms with E-state index < -0.39 is 42.1 Å². The van der Waals surface area contributed by atoms with E-state index in [9.17, 15) is 29.1 Å². The number of carbonyl (C=O) groups is 5. The molecule has 0 aliphatic rings. The van der Waals surface area contributed by atoms with Crippen molar-refractivity contribution in [3.05, 3.63) is 42.0 Å². The Balaban J connectivity index is 3.10. The molecule has 39 heavy (non-hydrogen) atoms. The number of hydrogen-bond donors (Lipinski definition) is 6. The van der Waals surface area contributed by atoms with Crippen molar-refractivity contribution in [1.29, 1.82) is 0 Å². The van der Waals surface area contributed by atoms with E-state index in [1.165, 1.54) is 13.1 Å². The zero-order chi connectivity index (χ0) is 29.5. The van der Waals surface area contributed by atoms with Crippen molar-refractivity contribution in [1.82, 2.24) is 20.9 Å². The summed E-state index contributed by atoms with van der Waals surface area (Å²) in [7, 11) is 1.41. The van der Waals surface area contributed by atoms with Gasteiger partial charge in [0.05, 0.1) is 0 Å². The Morgan fingerprint density at radius 2 is 1.85 bits per heavy atom. The monoisotopic (exact) mass is 568 g/mol. The average Bonchev–Trinajstić information content (AvgIpc) is 2.87. The highest BCUT2D eigenvalue weighted by Gasteiger charge is 2.29. The van der Waals surface area contributed by atoms with Crippen molar-refractivity contribution in [3.8, 4) is 0 Å². The fourth-order valence-corrected chi connectivity index (χ4v) is 3.68. The molecule has 14 heteroatoms. The number of ether oxygens (including phenoxy) is 1. The van der Waals surface area contributed by atoms with Crippen molar-refractivity contribution >= 4 is 47.3 Å². The maximum atomic E-state index is 13.2. The molecule has 2 atom stereocenters. The van der Waals surface area contributed by atoms with Crippen LogP contribution in [0, 0.1) is 5.92 Å². The zero-order valence-corrected chi connectivity index (χ0v) is 23.0. The molecule has 1 rings (SSSR count). The lowest BCUT2D eigenvalue weighted by Crippen LogP contribution is -2.54. The number of rotatable bonds is 15. The van der Waals surface area contributed by atoms with E-state index in [1.54, 1.807) is 32.0 Å². The maximum absolute atomic E-state index is 13.2. The third kappa shape index (κ3) is 11.9. The van der Waals surface area contributed by atoms with Gasteiger partial charge in [0.25, 0.3) is 0 Å². The molecular weight excluding hydrogens is 532 g/mol. The summed E-state index contributed by atoms with van der Waals surface area (Å²) < 4.78 is 4.90. The number of hydrogen-bond acceptors (Lipinski definition) is 6. The van der Waals surface area contributed by atoms with Crippen LogP contribution in [0.5, 0.6) is 0 Å². The van der Waals surface area contributed by atoms with Gasteiger partial charge in [0.1, 0.15) is 18.7 Å². The van der Waals surface area contributed by atoms with Crippen LogP contribution in [0.3, 0.4) is 0 Å². The van der Waals surface area contributed by atoms with E-state index in [0.29, 0.717) is 23.2 Å². The van der Waals surface area contributed by atoms with Crippen LogP contribution in [0.25, 0.3) is 0 Å². The molecule has 0 aromatic heterocycles. The van der Waals surface area contributed by atoms with Gasteiger partial charge in [-0.25, -0.2) is 14.4 Å². The Morgan fingerprint density at radius 3 is 2.41 bits per heavy atom. The van der Waals surface area contributed by atoms with E-state index in [1.807, 2.05) is 0 Å². The number of primary amides is 1. The Hall–Kier alpha value is -4.00. The SMILES string of the molecule is C=CCOC(=O)N[C@H](C(=O)N[C@@H](CCCNC(N)=O)C(=O)Nc1ccc(CCl)c(CN(C)C(=O)O)c1)C(C)C. The molecule has 0 saturated carbocycles. The van der Waals surface area contributed by atoms with Gasteiger partial charge < -0.3 is 41.7 Å². The summed E-state index contributed by atoms with van der Waals surface area (Å²) in [6.45, 7) is 7.08. The number of benzene rings is 1. The largest absolute Gasteiger partial charge is 0.465 e. The molecule has 0 aliphatic heterocycles. The molecule has 216 valence electrons. The van der Waals surface area contributed by atoms with Crippen LogP contribution in [0.2, 0.25) is 0 Å². The van der Waals surface area contributed by atoms with Gasteiger partial charge in [-0.05, 0) is 42.0 Å². The Labute approximate surface area is 232 Å². The van der Waals surface area contributed by atoms with Crippen LogP contribution < -0.4 is 27.0 Å². The first-order valence-corrected chi connectivity index (χ1v) is 12.7. The molecule has 1 aromatic rings. The number of nitrogens with two attached hydrogens (primary N) is 1. The Kier molecular flexibility index (Phi) is 14.2. The second-order valence-electron chi connectivity index (χ2n) is 8.99. The minimum Gasteiger partial charge on any atom is -0.465 e. The molecule has 1 aromatic carbocycles. The first-order chi connectivity index (χ1) is 18.4. The van der Waals surface area contributed by atoms with Crippen LogP contribution in [0.4, 0.5) is 20.1 Å². The molecule has 0 fully saturated rings. The lowest BCUT2D eigenvalue weighted by atomic mass is 10.0. The van der Waals surface area contributed by atoms with Crippen molar-refractivity contribution in [2.75, 3.05) is 25.5 Å². The third-order valence-electron chi connectivity index (χ3n) is 5.51. The molecule has 0 heterocycles. The number of amides is 6. The van der Waals surface area contributed by atoms with Gasteiger partial charge in [0.15, 0.2) is 0 Å². The summed E-state index contributed by atoms with van der Waals surface area (Å²) in [6.07, 6.45) is -0.108. The van der Waals surface area contributed by atoms with Gasteiger partial charge in [-0.1, -0.05) is 32.6 Å². The third-order valence-corrected chi connectivity index (χ3v) is 5.80. The summed E-state index contributed by atoms with van der Waals surface area (Å²) in [5.41, 5.74) is 6.75. The number of carbonyl (C=O) groups excluding carboxylic acids is 4. The Morgan fingerprint density at radius 1 is 1.15 bits per heavy atom. The molecule has 13 nitrogen and oxygen atoms in total. The lowest BCUT2D eigenvalue weighted by Gasteiger charge is -2.25. The van der Waals surface area contributed by atoms with Crippen molar-refractivity contribution in [2.45, 2.75) is 51.2 Å². The number of carboxylic acid groups (broad SMARTS) is 1. The number of alkyl halides is 1. The van der Waals surface area contributed by atoms with Gasteiger partial charge in [0.2, 0.25) is 11.8 Å². The summed E-state index contributed by atoms with van der Waals surface area (Å²) in [5, 5.41) is 19.5. The second-order valence-corrected chi connectivity index (χ2v) is 9.26. The van der Waals surface area contributed by atoms with Gasteiger partial charge in [-0.3, -0.25) is 9.59 Å². The first-order valence-electron chi connectivity index (χ1n) is 12.2. The molecule has 0 spiro atoms. The summed E-state index contributed by atoms with van der Waals surface area (Å²) in [6, 6.07) is 2.13. The van der Waals surface area contributed by atoms with Gasteiger partial charge in [-0.2, -0.15) is 0 Å². The van der Waals surface area contributed by atoms with Gasteiger partial charge in [-0.15, -0.1) is 11.6 Å². The Bertz CT molecular complexity index is 1040. The van der Waals surface area contributed by atoms with E-state index in [0.717, 1.165) is 4.90 Å². The highest BCUT2D eigenvalue weighted by atomic mass is 35.5. The van der Waals surface area contributed by atoms with Crippen LogP contribution in [-0.4, -0.2) is 72.3 Å². The van der Waals surface area contributed by atoms with Gasteiger partial charge >= 0.3 is 18.2 Å². The van der Waals surface area contributed by atoms with E-state index in [-0.39, 0.29) is 37.9 Å². The predicted octanol–water partition coefficient (Wildman–Crippen LogP) is 2.34. The van der Waals surface area contributed by atoms with E-state index in [2.05, 4.69) is 27.8 Å². The van der Waals surface area contributed by atoms with E-state index in [4.69, 9.17) is 22.1 Å². The molecule has 0 unspecified atom stereocenters. The molecule has 0 saturated heterocycles. The second kappa shape index (κ2) is 16.8. The van der Waals surface area contributed by atoms with Crippen LogP contribution in [0.1, 0.15) is 37.8 Å². The predicted molar refractivity (Wildman–Crippen MR) is 146 cm³/mol. The molecule has 0 aliphatic carbocycles. The molecule has 0 radical (unpaired) electrons. The van der Waals surface area contributed by atoms with Crippen LogP contribution in [0.15, 0.2) is 30.9 Å². The van der Waals surface area contributed by atoms with Crippen molar-refractivity contribution in [2.24, 2.45) is 11.7 Å². The standard InChI is InChI=1S/C25H37ClN6O7/c1-5-11-39-24(36)31-20(15(2)3)22(34)30-19(7-6-10-28-23(27)35)21(33)29-18-9-8-16(13-26)17(12-18)14-32(4)25(37)38/h5,8-9,12,15,19-20H,1,6-7,10-11,13-14H2,2-4H3,(H,29,33)(H,30,34)(H,31,36)(H,37,38)(H3,27,28,35)/t19-,20-/m0/s1. The maximum Gasteiger partial charge on any atom is 0.408 e. The molecular formula is C25H37ClN6O7. The van der Waals surface area contributed by atoms with E-state index >= 15 is 0 Å². The molecule has 7 N–H and O–H groups in total. The van der Waals surface area contributed by atoms with Crippen LogP contribution >= 0.6 is 11.6 Å². The fraction of sp³-hybridized carbons (Fsp3) is 0.480. The molecule has 0 bridgehead atoms. The van der Waals surface area contributed by atoms with Crippen LogP contribution in [-0.2, 0) is 26.8 Å². The first kappa shape index (κ1) is 33.0. The minimum absolute atomic E-state index is 0.0388. The average molecular weight is 569 g/mol. The number of halogens is 1. The lowest BCUT2D eigenvalue weighted by molar-refractivity contribution is -0.128. The highest BCUT2D eigenvalue weighted by molar-refractivity contribution is 6.17. The minimum atomic E-state index is -1.13. The summed E-state index contributed by atoms with van der Waals surface area (Å²) in [4.78, 5) is 61.7. The zero-order valence-electron chi connectivity index (χ0n) is 22.3. The number of urea groups is 1. The highest BCUT2D eigenvalue weighted by Crippen LogP contribution is 2.20. The fourth-order valence-electron chi connectivity index (χ4n) is 3.42. The number of nitrogens with zero attached hydrogens (tertiary/aromatic N) is 1.